The lowest BCUT2D eigenvalue weighted by atomic mass is 10.0. The normalized spacial score (nSPS) is 19.3. The van der Waals surface area contributed by atoms with Gasteiger partial charge in [0.05, 0.1) is 259 Å². The van der Waals surface area contributed by atoms with Gasteiger partial charge in [0.25, 0.3) is 0 Å². The Labute approximate surface area is 849 Å². The molecule has 0 amide bonds. The Hall–Kier alpha value is -8.52. The zero-order chi connectivity index (χ0) is 115. The van der Waals surface area contributed by atoms with E-state index in [0.29, 0.717) is 5.69 Å². The maximum Gasteiger partial charge on any atom is 0.126 e. The van der Waals surface area contributed by atoms with E-state index in [1.54, 1.807) is 0 Å². The summed E-state index contributed by atoms with van der Waals surface area (Å²) < 4.78 is 0. The van der Waals surface area contributed by atoms with Crippen molar-refractivity contribution >= 4 is 0 Å². The average Bonchev–Trinajstić information content (AvgIpc) is 0.839. The van der Waals surface area contributed by atoms with Crippen molar-refractivity contribution in [3.63, 3.8) is 0 Å². The highest BCUT2D eigenvalue weighted by molar-refractivity contribution is 5.17. The Morgan fingerprint density at radius 2 is 0.253 bits per heavy atom. The molecule has 66 heteroatoms. The molecule has 858 valence electrons. The third kappa shape index (κ3) is 45.9. The Bertz CT molecular complexity index is 4140. The van der Waals surface area contributed by atoms with Gasteiger partial charge in [-0.15, -0.1) is 0 Å². The van der Waals surface area contributed by atoms with E-state index in [0.717, 1.165) is 62.0 Å². The molecular weight excluding hydrogens is 2040 g/mol. The van der Waals surface area contributed by atoms with Crippen LogP contribution in [0.15, 0.2) is 86.8 Å². The van der Waals surface area contributed by atoms with Crippen molar-refractivity contribution in [1.82, 2.24) is 69.8 Å². The van der Waals surface area contributed by atoms with Gasteiger partial charge in [-0.2, -0.15) is 0 Å². The van der Waals surface area contributed by atoms with E-state index < -0.39 is 324 Å². The second kappa shape index (κ2) is 73.0. The first kappa shape index (κ1) is 139. The molecule has 0 aliphatic carbocycles. The van der Waals surface area contributed by atoms with E-state index in [9.17, 15) is 194 Å². The largest absolute Gasteiger partial charge is 0.394 e. The molecule has 0 fully saturated rings. The van der Waals surface area contributed by atoms with Crippen LogP contribution < -0.4 is 0 Å². The second-order valence-electron chi connectivity index (χ2n) is 32.8. The summed E-state index contributed by atoms with van der Waals surface area (Å²) in [5.74, 6) is 0. The van der Waals surface area contributed by atoms with Crippen LogP contribution in [0.1, 0.15) is 141 Å². The summed E-state index contributed by atoms with van der Waals surface area (Å²) in [6.07, 6.45) is -43.1. The number of rotatable bonds is 56. The number of aromatic nitrogens is 14. The van der Waals surface area contributed by atoms with Gasteiger partial charge in [-0.05, 0) is 0 Å². The number of hydrogen-bond donors (Lipinski definition) is 52. The van der Waals surface area contributed by atoms with Crippen LogP contribution in [-0.4, -0.2) is 599 Å². The molecule has 66 nitrogen and oxygen atoms in total. The minimum Gasteiger partial charge on any atom is -0.394 e. The van der Waals surface area contributed by atoms with Crippen LogP contribution in [0.4, 0.5) is 0 Å². The molecule has 0 saturated carbocycles. The minimum atomic E-state index is -1.68. The summed E-state index contributed by atoms with van der Waals surface area (Å²) in [6.45, 7) is -9.86. The Kier molecular flexibility index (Phi) is 67.9. The van der Waals surface area contributed by atoms with Crippen molar-refractivity contribution in [2.24, 2.45) is 0 Å². The molecule has 0 spiro atoms. The molecule has 0 unspecified atom stereocenters. The second-order valence-corrected chi connectivity index (χ2v) is 32.8. The van der Waals surface area contributed by atoms with E-state index in [4.69, 9.17) is 71.5 Å². The molecule has 0 aliphatic rings. The first-order valence-electron chi connectivity index (χ1n) is 44.7. The molecule has 0 saturated heterocycles. The fraction of sp³-hybridized carbons (Fsp3) is 0.667. The van der Waals surface area contributed by atoms with Crippen LogP contribution in [-0.2, 0) is 25.7 Å². The van der Waals surface area contributed by atoms with Crippen molar-refractivity contribution < 1.29 is 266 Å². The van der Waals surface area contributed by atoms with Crippen LogP contribution in [0.3, 0.4) is 0 Å². The summed E-state index contributed by atoms with van der Waals surface area (Å²) in [6, 6.07) is 0. The monoisotopic (exact) mass is 2180 g/mol. The van der Waals surface area contributed by atoms with Gasteiger partial charge in [0.2, 0.25) is 0 Å². The van der Waals surface area contributed by atoms with Crippen LogP contribution in [0.2, 0.25) is 0 Å². The predicted octanol–water partition coefficient (Wildman–Crippen LogP) is -26.2. The van der Waals surface area contributed by atoms with E-state index in [1.165, 1.54) is 24.8 Å². The summed E-state index contributed by atoms with van der Waals surface area (Å²) in [5, 5.41) is 483. The van der Waals surface area contributed by atoms with Gasteiger partial charge in [-0.25, -0.2) is 0 Å². The molecule has 0 bridgehead atoms. The summed E-state index contributed by atoms with van der Waals surface area (Å²) in [7, 11) is 0. The standard InChI is InChI=1S/3C12H20N2O8.4C12H20N2O7/c3*15-3-7(17)11(21)9(19)5-1-13-6(2-14-5)10(20)12(22)8(18)4-16;15-4-9(18)8(17)1-6-2-14-7(3-13-6)11(20)12(21)10(19)5-16;3*15-4-9(18)8(17)1-6-2-13-3-7(14-6)11(20)12(21)10(19)5-16/h3*1-2,7-12,15-22H,3-4H2;4*2-3,8-12,15-21H,1,4-5H2/t7-,8-,9+,10+,11+,12+;7-,8-,9-,10-,11+,12+;7-,8-,9-,10-,11-,12-;2*8-,9+,10+,11+,12+;8-,9-,10-,11+,12+;8-,9-,10-,11-,12-/m0110001/s1. The first-order valence-corrected chi connectivity index (χ1v) is 44.7. The third-order valence-corrected chi connectivity index (χ3v) is 21.2. The fourth-order valence-electron chi connectivity index (χ4n) is 11.4. The summed E-state index contributed by atoms with van der Waals surface area (Å²) in [5.41, 5.74) is -0.00995. The predicted molar refractivity (Wildman–Crippen MR) is 486 cm³/mol. The van der Waals surface area contributed by atoms with Crippen molar-refractivity contribution in [3.05, 3.63) is 166 Å². The van der Waals surface area contributed by atoms with Gasteiger partial charge in [-0.3, -0.25) is 69.8 Å². The lowest BCUT2D eigenvalue weighted by molar-refractivity contribution is -0.0808. The number of aliphatic hydroxyl groups excluding tert-OH is 52. The van der Waals surface area contributed by atoms with Gasteiger partial charge in [0.1, 0.15) is 208 Å². The Balaban J connectivity index is 0.000000875. The Morgan fingerprint density at radius 3 is 0.380 bits per heavy atom. The molecule has 7 aromatic heterocycles. The fourth-order valence-corrected chi connectivity index (χ4v) is 11.4. The summed E-state index contributed by atoms with van der Waals surface area (Å²) in [4.78, 5) is 53.3. The highest BCUT2D eigenvalue weighted by Gasteiger charge is 2.38. The van der Waals surface area contributed by atoms with Gasteiger partial charge >= 0.3 is 0 Å². The van der Waals surface area contributed by atoms with Gasteiger partial charge in [-0.1, -0.05) is 0 Å². The number of hydrogen-bond acceptors (Lipinski definition) is 66. The summed E-state index contributed by atoms with van der Waals surface area (Å²) >= 11 is 0. The number of nitrogens with zero attached hydrogens (tertiary/aromatic N) is 14. The first-order chi connectivity index (χ1) is 70.6. The van der Waals surface area contributed by atoms with Crippen LogP contribution >= 0.6 is 0 Å². The lowest BCUT2D eigenvalue weighted by Crippen LogP contribution is -2.36. The number of aliphatic hydroxyl groups is 52. The quantitative estimate of drug-likeness (QED) is 0.0168. The molecule has 0 radical (unpaired) electrons. The maximum atomic E-state index is 9.83. The van der Waals surface area contributed by atoms with Gasteiger partial charge < -0.3 is 266 Å². The van der Waals surface area contributed by atoms with Crippen LogP contribution in [0.25, 0.3) is 0 Å². The third-order valence-electron chi connectivity index (χ3n) is 21.2. The maximum absolute atomic E-state index is 9.83. The van der Waals surface area contributed by atoms with E-state index in [1.807, 2.05) is 0 Å². The van der Waals surface area contributed by atoms with Crippen LogP contribution in [0, 0.1) is 0 Å². The molecule has 0 aromatic carbocycles. The van der Waals surface area contributed by atoms with Gasteiger partial charge in [0, 0.05) is 50.5 Å². The van der Waals surface area contributed by atoms with E-state index in [-0.39, 0.29) is 99.7 Å². The molecule has 0 aliphatic heterocycles. The lowest BCUT2D eigenvalue weighted by Gasteiger charge is -2.22. The molecular formula is C84H140N14O52. The van der Waals surface area contributed by atoms with Crippen molar-refractivity contribution in [3.8, 4) is 0 Å². The topological polar surface area (TPSA) is 1230 Å². The highest BCUT2D eigenvalue weighted by atomic mass is 16.5. The zero-order valence-corrected chi connectivity index (χ0v) is 79.3. The van der Waals surface area contributed by atoms with Crippen molar-refractivity contribution in [2.45, 2.75) is 258 Å². The van der Waals surface area contributed by atoms with Crippen molar-refractivity contribution in [2.75, 3.05) is 92.5 Å². The van der Waals surface area contributed by atoms with E-state index >= 15 is 0 Å². The SMILES string of the molecule is OC[C@@H](O)[C@@H](O)[C@H](O)c1cnc(C[C@H](O)[C@H](O)CO)cn1.OC[C@@H](O)[C@@H](O)[C@H](O)c1cnc([C@@H](O)[C@H](O)[C@H](O)CO)cn1.OC[C@@H](O)[C@@H](O)[C@H](O)c1cncc(C[C@@H](O)[C@H](O)CO)n1.OC[C@@H](O)[C@@H](O)[C@H](O)c1cncc(C[C@H](O)[C@H](O)CO)n1.OC[C@@H](O)[C@H](O)[C@H](O)c1cnc([C@@H](O)[C@@H](O)[C@H](O)CO)cn1.OC[C@H](O)[C@@H](O)[C@H](O)c1cnc([C@@H](O)[C@H](O)[C@@H](O)CO)cn1.OC[C@H](O)[C@@H](O)[C@H](O)c1cncc(C[C@H](O)[C@@H](O)CO)n1. The Morgan fingerprint density at radius 1 is 0.127 bits per heavy atom. The molecule has 150 heavy (non-hydrogen) atoms. The molecule has 7 heterocycles. The van der Waals surface area contributed by atoms with E-state index in [2.05, 4.69) is 69.8 Å². The average molecular weight is 2180 g/mol. The zero-order valence-electron chi connectivity index (χ0n) is 79.3. The smallest absolute Gasteiger partial charge is 0.126 e. The molecule has 7 rings (SSSR count). The van der Waals surface area contributed by atoms with Gasteiger partial charge in [0.15, 0.2) is 0 Å². The highest BCUT2D eigenvalue weighted by Crippen LogP contribution is 2.28. The van der Waals surface area contributed by atoms with Crippen molar-refractivity contribution in [1.29, 1.82) is 0 Å². The molecule has 38 atom stereocenters. The van der Waals surface area contributed by atoms with Crippen LogP contribution in [0.5, 0.6) is 0 Å². The molecule has 7 aromatic rings. The minimum absolute atomic E-state index is 0.0176. The molecule has 52 N–H and O–H groups in total.